The van der Waals surface area contributed by atoms with Gasteiger partial charge in [-0.15, -0.1) is 0 Å². The highest BCUT2D eigenvalue weighted by Crippen LogP contribution is 2.52. The summed E-state index contributed by atoms with van der Waals surface area (Å²) in [6.45, 7) is 28.2. The molecule has 0 bridgehead atoms. The predicted molar refractivity (Wildman–Crippen MR) is 267 cm³/mol. The van der Waals surface area contributed by atoms with E-state index in [-0.39, 0.29) is 21.7 Å². The van der Waals surface area contributed by atoms with Crippen LogP contribution >= 0.6 is 0 Å². The quantitative estimate of drug-likeness (QED) is 0.115. The molecule has 0 unspecified atom stereocenters. The van der Waals surface area contributed by atoms with Crippen LogP contribution in [-0.4, -0.2) is 0 Å². The molecule has 0 fully saturated rings. The van der Waals surface area contributed by atoms with Gasteiger partial charge in [0.05, 0.1) is 0 Å². The summed E-state index contributed by atoms with van der Waals surface area (Å²) in [5.41, 5.74) is 8.12. The van der Waals surface area contributed by atoms with Gasteiger partial charge in [-0.1, -0.05) is 180 Å². The second-order valence-electron chi connectivity index (χ2n) is 22.2. The Morgan fingerprint density at radius 2 is 0.600 bits per heavy atom. The van der Waals surface area contributed by atoms with Crippen molar-refractivity contribution in [1.29, 1.82) is 0 Å². The molecule has 0 atom stereocenters. The monoisotopic (exact) mass is 776 g/mol. The van der Waals surface area contributed by atoms with Crippen molar-refractivity contribution in [1.82, 2.24) is 0 Å². The topological polar surface area (TPSA) is 0 Å². The first-order valence-electron chi connectivity index (χ1n) is 22.1. The molecule has 0 aromatic heterocycles. The Morgan fingerprint density at radius 3 is 1.08 bits per heavy atom. The molecule has 0 nitrogen and oxygen atoms in total. The van der Waals surface area contributed by atoms with Crippen LogP contribution in [0, 0.1) is 0 Å². The van der Waals surface area contributed by atoms with Gasteiger partial charge in [0, 0.05) is 0 Å². The van der Waals surface area contributed by atoms with Gasteiger partial charge in [0.25, 0.3) is 0 Å². The Kier molecular flexibility index (Phi) is 7.44. The summed E-state index contributed by atoms with van der Waals surface area (Å²) in [5.74, 6) is 0. The van der Waals surface area contributed by atoms with Crippen molar-refractivity contribution in [2.45, 2.75) is 105 Å². The number of hydrogen-bond donors (Lipinski definition) is 0. The normalized spacial score (nSPS) is 13.7. The van der Waals surface area contributed by atoms with E-state index in [1.54, 1.807) is 0 Å². The van der Waals surface area contributed by atoms with Gasteiger partial charge in [0.15, 0.2) is 0 Å². The van der Waals surface area contributed by atoms with E-state index in [2.05, 4.69) is 204 Å². The number of hydrogen-bond acceptors (Lipinski definition) is 0. The van der Waals surface area contributed by atoms with Crippen LogP contribution in [0.4, 0.5) is 0 Å². The molecular formula is C60H56. The van der Waals surface area contributed by atoms with Gasteiger partial charge in [0.1, 0.15) is 0 Å². The van der Waals surface area contributed by atoms with Crippen molar-refractivity contribution >= 4 is 97.0 Å². The van der Waals surface area contributed by atoms with Gasteiger partial charge in [-0.25, -0.2) is 0 Å². The third-order valence-corrected chi connectivity index (χ3v) is 14.0. The minimum atomic E-state index is -0.00926. The van der Waals surface area contributed by atoms with Gasteiger partial charge in [-0.05, 0) is 176 Å². The maximum atomic E-state index is 2.54. The summed E-state index contributed by atoms with van der Waals surface area (Å²) in [6, 6.07) is 48.4. The van der Waals surface area contributed by atoms with Crippen molar-refractivity contribution in [3.05, 3.63) is 144 Å². The van der Waals surface area contributed by atoms with E-state index in [0.29, 0.717) is 0 Å². The zero-order chi connectivity index (χ0) is 42.0. The van der Waals surface area contributed by atoms with E-state index in [4.69, 9.17) is 0 Å². The lowest BCUT2D eigenvalue weighted by molar-refractivity contribution is 0.591. The SMILES string of the molecule is CC(C)(C)c1cc2ccc3cc(C(C)(C)C)cc4c(-c5cccc6c5c5ccccc5c5c7cc(C(C)(C)C)cc8ccc9cc(C(C)(C)C)cc(c9c87)c65)cc(c1)c2c34. The van der Waals surface area contributed by atoms with Crippen molar-refractivity contribution in [3.63, 3.8) is 0 Å². The Bertz CT molecular complexity index is 3600. The summed E-state index contributed by atoms with van der Waals surface area (Å²) in [5, 5.41) is 24.3. The molecule has 0 aliphatic carbocycles. The van der Waals surface area contributed by atoms with Crippen LogP contribution in [0.25, 0.3) is 108 Å². The fourth-order valence-electron chi connectivity index (χ4n) is 10.6. The van der Waals surface area contributed by atoms with E-state index in [1.165, 1.54) is 130 Å². The summed E-state index contributed by atoms with van der Waals surface area (Å²) in [6.07, 6.45) is 0. The second kappa shape index (κ2) is 12.0. The van der Waals surface area contributed by atoms with E-state index in [1.807, 2.05) is 0 Å². The minimum Gasteiger partial charge on any atom is -0.0616 e. The maximum Gasteiger partial charge on any atom is -0.00133 e. The maximum absolute atomic E-state index is 2.54. The molecule has 0 aliphatic heterocycles. The molecule has 0 saturated heterocycles. The number of benzene rings is 11. The molecule has 0 heterocycles. The molecule has 296 valence electrons. The molecule has 0 saturated carbocycles. The molecule has 11 aromatic carbocycles. The Morgan fingerprint density at radius 1 is 0.233 bits per heavy atom. The highest BCUT2D eigenvalue weighted by molar-refractivity contribution is 6.44. The van der Waals surface area contributed by atoms with Crippen molar-refractivity contribution in [3.8, 4) is 11.1 Å². The number of rotatable bonds is 1. The molecule has 0 heteroatoms. The fraction of sp³-hybridized carbons (Fsp3) is 0.267. The molecular weight excluding hydrogens is 721 g/mol. The van der Waals surface area contributed by atoms with Crippen LogP contribution in [-0.2, 0) is 21.7 Å². The van der Waals surface area contributed by atoms with Crippen LogP contribution < -0.4 is 0 Å². The molecule has 0 amide bonds. The summed E-state index contributed by atoms with van der Waals surface area (Å²) in [4.78, 5) is 0. The third-order valence-electron chi connectivity index (χ3n) is 14.0. The molecule has 0 aliphatic rings. The zero-order valence-corrected chi connectivity index (χ0v) is 37.5. The molecule has 11 aromatic rings. The van der Waals surface area contributed by atoms with Gasteiger partial charge < -0.3 is 0 Å². The van der Waals surface area contributed by atoms with E-state index < -0.39 is 0 Å². The average molecular weight is 777 g/mol. The van der Waals surface area contributed by atoms with Gasteiger partial charge in [-0.3, -0.25) is 0 Å². The van der Waals surface area contributed by atoms with E-state index in [0.717, 1.165) is 0 Å². The second-order valence-corrected chi connectivity index (χ2v) is 22.2. The minimum absolute atomic E-state index is 0.00237. The van der Waals surface area contributed by atoms with Crippen LogP contribution in [0.1, 0.15) is 105 Å². The zero-order valence-electron chi connectivity index (χ0n) is 37.5. The van der Waals surface area contributed by atoms with Crippen molar-refractivity contribution in [2.24, 2.45) is 0 Å². The third kappa shape index (κ3) is 5.29. The average Bonchev–Trinajstić information content (AvgIpc) is 3.19. The molecule has 0 N–H and O–H groups in total. The lowest BCUT2D eigenvalue weighted by atomic mass is 9.77. The lowest BCUT2D eigenvalue weighted by Gasteiger charge is -2.26. The summed E-state index contributed by atoms with van der Waals surface area (Å²) in [7, 11) is 0. The summed E-state index contributed by atoms with van der Waals surface area (Å²) >= 11 is 0. The van der Waals surface area contributed by atoms with Crippen molar-refractivity contribution < 1.29 is 0 Å². The van der Waals surface area contributed by atoms with Gasteiger partial charge in [0.2, 0.25) is 0 Å². The lowest BCUT2D eigenvalue weighted by Crippen LogP contribution is -2.12. The fourth-order valence-corrected chi connectivity index (χ4v) is 10.6. The largest absolute Gasteiger partial charge is 0.0616 e. The van der Waals surface area contributed by atoms with Gasteiger partial charge >= 0.3 is 0 Å². The Labute approximate surface area is 354 Å². The van der Waals surface area contributed by atoms with Crippen LogP contribution in [0.15, 0.2) is 121 Å². The van der Waals surface area contributed by atoms with Crippen LogP contribution in [0.5, 0.6) is 0 Å². The predicted octanol–water partition coefficient (Wildman–Crippen LogP) is 17.8. The Balaban J connectivity index is 1.40. The van der Waals surface area contributed by atoms with E-state index >= 15 is 0 Å². The highest BCUT2D eigenvalue weighted by atomic mass is 14.3. The molecule has 0 spiro atoms. The van der Waals surface area contributed by atoms with Crippen molar-refractivity contribution in [2.75, 3.05) is 0 Å². The summed E-state index contributed by atoms with van der Waals surface area (Å²) < 4.78 is 0. The van der Waals surface area contributed by atoms with Crippen LogP contribution in [0.2, 0.25) is 0 Å². The highest BCUT2D eigenvalue weighted by Gasteiger charge is 2.27. The number of fused-ring (bicyclic) bond motifs is 8. The first kappa shape index (κ1) is 37.3. The standard InChI is InChI=1S/C60H56/c1-57(2,3)38-24-33-20-21-34-25-39(58(4,5)6)30-47-46(29-37(28-38)50(33)51(34)47)44-18-15-19-45-54(44)42-16-13-14-17-43(42)55-48-31-40(59(7,8)9)26-35-22-23-36-27-41(60(10,11)12)32-49(56(45)55)53(36)52(35)48/h13-32H,1-12H3. The smallest absolute Gasteiger partial charge is 0.00133 e. The first-order chi connectivity index (χ1) is 28.3. The van der Waals surface area contributed by atoms with E-state index in [9.17, 15) is 0 Å². The molecule has 0 radical (unpaired) electrons. The van der Waals surface area contributed by atoms with Gasteiger partial charge in [-0.2, -0.15) is 0 Å². The Hall–Kier alpha value is -5.72. The molecule has 11 rings (SSSR count). The molecule has 60 heavy (non-hydrogen) atoms. The van der Waals surface area contributed by atoms with Crippen LogP contribution in [0.3, 0.4) is 0 Å². The first-order valence-corrected chi connectivity index (χ1v) is 22.1.